The van der Waals surface area contributed by atoms with Crippen molar-refractivity contribution in [3.05, 3.63) is 16.4 Å². The molecule has 0 saturated carbocycles. The van der Waals surface area contributed by atoms with Gasteiger partial charge in [-0.1, -0.05) is 11.6 Å². The van der Waals surface area contributed by atoms with E-state index in [1.54, 1.807) is 14.0 Å². The topological polar surface area (TPSA) is 93.1 Å². The van der Waals surface area contributed by atoms with Crippen LogP contribution >= 0.6 is 11.6 Å². The van der Waals surface area contributed by atoms with Crippen molar-refractivity contribution in [3.63, 3.8) is 0 Å². The molecule has 0 aliphatic rings. The van der Waals surface area contributed by atoms with E-state index in [0.717, 1.165) is 6.26 Å². The molecule has 1 aromatic rings. The molecule has 19 heavy (non-hydrogen) atoms. The number of nitrogens with zero attached hydrogens (tertiary/aromatic N) is 2. The van der Waals surface area contributed by atoms with E-state index in [0.29, 0.717) is 24.2 Å². The second-order valence-corrected chi connectivity index (χ2v) is 6.34. The average molecular weight is 309 g/mol. The zero-order chi connectivity index (χ0) is 14.6. The molecule has 0 spiro atoms. The Bertz CT molecular complexity index is 568. The molecule has 108 valence electrons. The maximum absolute atomic E-state index is 11.9. The summed E-state index contributed by atoms with van der Waals surface area (Å²) in [7, 11) is -1.53. The number of aromatic nitrogens is 2. The Morgan fingerprint density at radius 2 is 2.05 bits per heavy atom. The van der Waals surface area contributed by atoms with E-state index in [2.05, 4.69) is 15.1 Å². The molecular weight excluding hydrogens is 292 g/mol. The fourth-order valence-electron chi connectivity index (χ4n) is 1.52. The van der Waals surface area contributed by atoms with Crippen LogP contribution in [0.25, 0.3) is 0 Å². The third-order valence-electron chi connectivity index (χ3n) is 2.38. The molecule has 1 aromatic heterocycles. The fraction of sp³-hybridized carbons (Fsp3) is 0.600. The lowest BCUT2D eigenvalue weighted by Crippen LogP contribution is -2.29. The van der Waals surface area contributed by atoms with Crippen molar-refractivity contribution in [2.75, 3.05) is 19.3 Å². The van der Waals surface area contributed by atoms with Gasteiger partial charge in [-0.25, -0.2) is 13.1 Å². The van der Waals surface area contributed by atoms with Crippen molar-refractivity contribution < 1.29 is 13.2 Å². The number of amides is 1. The molecule has 0 aliphatic heterocycles. The highest BCUT2D eigenvalue weighted by Crippen LogP contribution is 2.17. The molecule has 2 N–H and O–H groups in total. The van der Waals surface area contributed by atoms with E-state index in [-0.39, 0.29) is 17.6 Å². The summed E-state index contributed by atoms with van der Waals surface area (Å²) in [6.45, 7) is 2.33. The van der Waals surface area contributed by atoms with Gasteiger partial charge in [0.05, 0.1) is 17.5 Å². The van der Waals surface area contributed by atoms with E-state index in [1.165, 1.54) is 4.68 Å². The molecule has 0 aliphatic carbocycles. The summed E-state index contributed by atoms with van der Waals surface area (Å²) in [4.78, 5) is 11.9. The molecule has 0 aromatic carbocycles. The maximum atomic E-state index is 11.9. The number of hydrogen-bond acceptors (Lipinski definition) is 4. The van der Waals surface area contributed by atoms with Gasteiger partial charge in [-0.05, 0) is 13.3 Å². The van der Waals surface area contributed by atoms with E-state index in [1.807, 2.05) is 0 Å². The zero-order valence-corrected chi connectivity index (χ0v) is 12.6. The Kier molecular flexibility index (Phi) is 5.33. The first-order valence-electron chi connectivity index (χ1n) is 5.64. The lowest BCUT2D eigenvalue weighted by Gasteiger charge is -2.05. The van der Waals surface area contributed by atoms with E-state index in [9.17, 15) is 13.2 Å². The zero-order valence-electron chi connectivity index (χ0n) is 11.0. The van der Waals surface area contributed by atoms with Crippen LogP contribution in [0.2, 0.25) is 5.15 Å². The van der Waals surface area contributed by atoms with E-state index >= 15 is 0 Å². The van der Waals surface area contributed by atoms with Gasteiger partial charge in [0.15, 0.2) is 0 Å². The highest BCUT2D eigenvalue weighted by molar-refractivity contribution is 7.88. The largest absolute Gasteiger partial charge is 0.352 e. The van der Waals surface area contributed by atoms with E-state index in [4.69, 9.17) is 11.6 Å². The highest BCUT2D eigenvalue weighted by Gasteiger charge is 2.18. The van der Waals surface area contributed by atoms with Gasteiger partial charge in [-0.15, -0.1) is 0 Å². The summed E-state index contributed by atoms with van der Waals surface area (Å²) in [5, 5.41) is 6.99. The Balaban J connectivity index is 2.44. The van der Waals surface area contributed by atoms with Gasteiger partial charge in [0.25, 0.3) is 5.91 Å². The number of carbonyl (C=O) groups excluding carboxylic acids is 1. The second kappa shape index (κ2) is 6.36. The SMILES string of the molecule is Cc1nn(C)c(Cl)c1C(=O)NCCCNS(C)(=O)=O. The van der Waals surface area contributed by atoms with Crippen molar-refractivity contribution in [1.82, 2.24) is 19.8 Å². The number of nitrogens with one attached hydrogen (secondary N) is 2. The summed E-state index contributed by atoms with van der Waals surface area (Å²) in [5.74, 6) is -0.310. The number of halogens is 1. The third kappa shape index (κ3) is 4.81. The lowest BCUT2D eigenvalue weighted by atomic mass is 10.2. The third-order valence-corrected chi connectivity index (χ3v) is 3.54. The Hall–Kier alpha value is -1.12. The average Bonchev–Trinajstić information content (AvgIpc) is 2.51. The Morgan fingerprint density at radius 3 is 2.53 bits per heavy atom. The van der Waals surface area contributed by atoms with Gasteiger partial charge < -0.3 is 5.32 Å². The molecular formula is C10H17ClN4O3S. The number of hydrogen-bond donors (Lipinski definition) is 2. The van der Waals surface area contributed by atoms with Crippen LogP contribution in [-0.2, 0) is 17.1 Å². The van der Waals surface area contributed by atoms with Crippen LogP contribution < -0.4 is 10.0 Å². The van der Waals surface area contributed by atoms with Gasteiger partial charge in [0.1, 0.15) is 5.15 Å². The molecule has 1 heterocycles. The van der Waals surface area contributed by atoms with Crippen molar-refractivity contribution in [2.45, 2.75) is 13.3 Å². The minimum Gasteiger partial charge on any atom is -0.352 e. The Labute approximate surface area is 117 Å². The molecule has 1 rings (SSSR count). The van der Waals surface area contributed by atoms with Crippen molar-refractivity contribution in [1.29, 1.82) is 0 Å². The van der Waals surface area contributed by atoms with Gasteiger partial charge in [-0.2, -0.15) is 5.10 Å². The monoisotopic (exact) mass is 308 g/mol. The number of aryl methyl sites for hydroxylation is 2. The van der Waals surface area contributed by atoms with Gasteiger partial charge in [0, 0.05) is 20.1 Å². The summed E-state index contributed by atoms with van der Waals surface area (Å²) >= 11 is 5.96. The minimum absolute atomic E-state index is 0.277. The molecule has 0 saturated heterocycles. The molecule has 0 bridgehead atoms. The van der Waals surface area contributed by atoms with Crippen molar-refractivity contribution >= 4 is 27.5 Å². The highest BCUT2D eigenvalue weighted by atomic mass is 35.5. The predicted octanol–water partition coefficient (Wildman–Crippen LogP) is 0.0510. The first kappa shape index (κ1) is 15.9. The van der Waals surface area contributed by atoms with Gasteiger partial charge in [-0.3, -0.25) is 9.48 Å². The Morgan fingerprint density at radius 1 is 1.42 bits per heavy atom. The fourth-order valence-corrected chi connectivity index (χ4v) is 2.30. The standard InChI is InChI=1S/C10H17ClN4O3S/c1-7-8(9(11)15(2)14-7)10(16)12-5-4-6-13-19(3,17)18/h13H,4-6H2,1-3H3,(H,12,16). The quantitative estimate of drug-likeness (QED) is 0.726. The summed E-state index contributed by atoms with van der Waals surface area (Å²) in [6.07, 6.45) is 1.58. The molecule has 0 fully saturated rings. The van der Waals surface area contributed by atoms with Crippen LogP contribution in [-0.4, -0.2) is 43.5 Å². The summed E-state index contributed by atoms with van der Waals surface area (Å²) in [5.41, 5.74) is 0.902. The van der Waals surface area contributed by atoms with Crippen LogP contribution in [0.1, 0.15) is 22.5 Å². The maximum Gasteiger partial charge on any atom is 0.256 e. The molecule has 0 atom stereocenters. The molecule has 7 nitrogen and oxygen atoms in total. The molecule has 1 amide bonds. The van der Waals surface area contributed by atoms with Crippen LogP contribution in [0.4, 0.5) is 0 Å². The number of rotatable bonds is 6. The smallest absolute Gasteiger partial charge is 0.256 e. The molecule has 0 unspecified atom stereocenters. The molecule has 9 heteroatoms. The van der Waals surface area contributed by atoms with E-state index < -0.39 is 10.0 Å². The molecule has 0 radical (unpaired) electrons. The number of sulfonamides is 1. The predicted molar refractivity (Wildman–Crippen MR) is 72.8 cm³/mol. The van der Waals surface area contributed by atoms with Crippen LogP contribution in [0.15, 0.2) is 0 Å². The van der Waals surface area contributed by atoms with Crippen molar-refractivity contribution in [3.8, 4) is 0 Å². The van der Waals surface area contributed by atoms with Crippen molar-refractivity contribution in [2.24, 2.45) is 7.05 Å². The van der Waals surface area contributed by atoms with Crippen LogP contribution in [0, 0.1) is 6.92 Å². The summed E-state index contributed by atoms with van der Waals surface area (Å²) < 4.78 is 25.4. The summed E-state index contributed by atoms with van der Waals surface area (Å²) in [6, 6.07) is 0. The minimum atomic E-state index is -3.18. The van der Waals surface area contributed by atoms with Crippen LogP contribution in [0.3, 0.4) is 0 Å². The van der Waals surface area contributed by atoms with Gasteiger partial charge in [0.2, 0.25) is 10.0 Å². The normalized spacial score (nSPS) is 11.6. The number of carbonyl (C=O) groups is 1. The van der Waals surface area contributed by atoms with Crippen LogP contribution in [0.5, 0.6) is 0 Å². The lowest BCUT2D eigenvalue weighted by molar-refractivity contribution is 0.0953. The van der Waals surface area contributed by atoms with Gasteiger partial charge >= 0.3 is 0 Å². The first-order valence-corrected chi connectivity index (χ1v) is 7.91. The second-order valence-electron chi connectivity index (χ2n) is 4.15. The first-order chi connectivity index (χ1) is 8.72.